The van der Waals surface area contributed by atoms with Crippen molar-refractivity contribution in [2.24, 2.45) is 10.4 Å². The van der Waals surface area contributed by atoms with Crippen LogP contribution in [0.4, 0.5) is 0 Å². The van der Waals surface area contributed by atoms with E-state index in [0.717, 1.165) is 44.3 Å². The molecule has 6 nitrogen and oxygen atoms in total. The number of aliphatic hydroxyl groups excluding tert-OH is 1. The van der Waals surface area contributed by atoms with Crippen molar-refractivity contribution in [2.45, 2.75) is 65.0 Å². The van der Waals surface area contributed by atoms with Crippen LogP contribution in [0.5, 0.6) is 0 Å². The summed E-state index contributed by atoms with van der Waals surface area (Å²) in [6, 6.07) is 10.5. The second kappa shape index (κ2) is 11.7. The van der Waals surface area contributed by atoms with Crippen LogP contribution in [-0.4, -0.2) is 40.3 Å². The van der Waals surface area contributed by atoms with Gasteiger partial charge in [-0.1, -0.05) is 49.6 Å². The monoisotopic (exact) mass is 411 g/mol. The molecule has 0 radical (unpaired) electrons. The lowest BCUT2D eigenvalue weighted by Gasteiger charge is -2.37. The van der Waals surface area contributed by atoms with Crippen molar-refractivity contribution in [1.29, 1.82) is 0 Å². The number of nitrogens with zero attached hydrogens (tertiary/aromatic N) is 3. The summed E-state index contributed by atoms with van der Waals surface area (Å²) >= 11 is 0. The molecule has 2 aromatic rings. The smallest absolute Gasteiger partial charge is 0.191 e. The van der Waals surface area contributed by atoms with E-state index in [-0.39, 0.29) is 12.0 Å². The fourth-order valence-corrected chi connectivity index (χ4v) is 4.41. The van der Waals surface area contributed by atoms with Crippen LogP contribution < -0.4 is 10.6 Å². The first-order chi connectivity index (χ1) is 14.7. The van der Waals surface area contributed by atoms with Crippen LogP contribution in [-0.2, 0) is 19.5 Å². The molecule has 0 aliphatic heterocycles. The normalized spacial score (nSPS) is 16.4. The number of guanidine groups is 1. The van der Waals surface area contributed by atoms with Gasteiger partial charge in [0, 0.05) is 38.6 Å². The largest absolute Gasteiger partial charge is 0.396 e. The minimum absolute atomic E-state index is 0.192. The number of aliphatic hydroxyl groups is 1. The predicted octanol–water partition coefficient (Wildman–Crippen LogP) is 3.51. The number of rotatable bonds is 10. The third kappa shape index (κ3) is 6.59. The summed E-state index contributed by atoms with van der Waals surface area (Å²) < 4.78 is 2.19. The summed E-state index contributed by atoms with van der Waals surface area (Å²) in [5, 5.41) is 16.5. The van der Waals surface area contributed by atoms with Crippen molar-refractivity contribution in [1.82, 2.24) is 20.2 Å². The van der Waals surface area contributed by atoms with Crippen molar-refractivity contribution in [3.05, 3.63) is 54.1 Å². The van der Waals surface area contributed by atoms with Crippen LogP contribution in [0.1, 0.15) is 56.8 Å². The highest BCUT2D eigenvalue weighted by Crippen LogP contribution is 2.38. The summed E-state index contributed by atoms with van der Waals surface area (Å²) in [6.45, 7) is 5.47. The van der Waals surface area contributed by atoms with Gasteiger partial charge in [-0.15, -0.1) is 0 Å². The van der Waals surface area contributed by atoms with Gasteiger partial charge in [-0.05, 0) is 43.6 Å². The Morgan fingerprint density at radius 2 is 1.97 bits per heavy atom. The minimum Gasteiger partial charge on any atom is -0.396 e. The van der Waals surface area contributed by atoms with E-state index in [1.54, 1.807) is 0 Å². The Labute approximate surface area is 180 Å². The average molecular weight is 412 g/mol. The van der Waals surface area contributed by atoms with Gasteiger partial charge in [0.05, 0.1) is 0 Å². The molecule has 0 unspecified atom stereocenters. The molecular weight excluding hydrogens is 374 g/mol. The highest BCUT2D eigenvalue weighted by atomic mass is 16.3. The van der Waals surface area contributed by atoms with E-state index in [1.807, 2.05) is 18.5 Å². The van der Waals surface area contributed by atoms with Gasteiger partial charge in [-0.2, -0.15) is 0 Å². The minimum atomic E-state index is 0.192. The van der Waals surface area contributed by atoms with E-state index in [9.17, 15) is 5.11 Å². The Morgan fingerprint density at radius 1 is 1.17 bits per heavy atom. The van der Waals surface area contributed by atoms with Gasteiger partial charge in [0.15, 0.2) is 5.96 Å². The van der Waals surface area contributed by atoms with Gasteiger partial charge in [-0.3, -0.25) is 0 Å². The summed E-state index contributed by atoms with van der Waals surface area (Å²) in [4.78, 5) is 9.32. The van der Waals surface area contributed by atoms with Gasteiger partial charge in [-0.25, -0.2) is 9.98 Å². The molecule has 0 saturated heterocycles. The number of benzene rings is 1. The molecule has 0 bridgehead atoms. The zero-order valence-electron chi connectivity index (χ0n) is 18.3. The topological polar surface area (TPSA) is 74.5 Å². The average Bonchev–Trinajstić information content (AvgIpc) is 3.23. The Hall–Kier alpha value is -2.34. The molecular formula is C24H37N5O. The standard InChI is InChI=1S/C24H37N5O/c1-2-25-23(28-20-24(14-18-30)12-7-4-8-13-24)27-19-22-26-15-17-29(22)16-11-21-9-5-3-6-10-21/h3,5-6,9-10,15,17,30H,2,4,7-8,11-14,16,18-20H2,1H3,(H2,25,27,28). The highest BCUT2D eigenvalue weighted by molar-refractivity contribution is 5.79. The molecule has 1 saturated carbocycles. The van der Waals surface area contributed by atoms with Crippen LogP contribution in [0.2, 0.25) is 0 Å². The fourth-order valence-electron chi connectivity index (χ4n) is 4.41. The number of nitrogens with one attached hydrogen (secondary N) is 2. The molecule has 1 aliphatic carbocycles. The van der Waals surface area contributed by atoms with E-state index in [1.165, 1.54) is 37.7 Å². The van der Waals surface area contributed by atoms with Gasteiger partial charge < -0.3 is 20.3 Å². The van der Waals surface area contributed by atoms with E-state index >= 15 is 0 Å². The number of aliphatic imine (C=N–C) groups is 1. The lowest BCUT2D eigenvalue weighted by molar-refractivity contribution is 0.131. The number of imidazole rings is 1. The molecule has 6 heteroatoms. The Morgan fingerprint density at radius 3 is 2.70 bits per heavy atom. The van der Waals surface area contributed by atoms with Crippen molar-refractivity contribution < 1.29 is 5.11 Å². The summed E-state index contributed by atoms with van der Waals surface area (Å²) in [6.07, 6.45) is 11.9. The molecule has 0 atom stereocenters. The summed E-state index contributed by atoms with van der Waals surface area (Å²) in [5.74, 6) is 1.81. The maximum absolute atomic E-state index is 9.56. The first-order valence-electron chi connectivity index (χ1n) is 11.4. The Bertz CT molecular complexity index is 759. The third-order valence-corrected chi connectivity index (χ3v) is 6.20. The first kappa shape index (κ1) is 22.3. The second-order valence-electron chi connectivity index (χ2n) is 8.36. The molecule has 1 heterocycles. The molecule has 30 heavy (non-hydrogen) atoms. The molecule has 3 rings (SSSR count). The van der Waals surface area contributed by atoms with Crippen LogP contribution >= 0.6 is 0 Å². The zero-order valence-corrected chi connectivity index (χ0v) is 18.3. The Balaban J connectivity index is 1.58. The van der Waals surface area contributed by atoms with Crippen molar-refractivity contribution in [3.8, 4) is 0 Å². The number of aryl methyl sites for hydroxylation is 2. The molecule has 1 aromatic heterocycles. The van der Waals surface area contributed by atoms with Gasteiger partial charge >= 0.3 is 0 Å². The molecule has 1 aromatic carbocycles. The SMILES string of the molecule is CCNC(=NCc1nccn1CCc1ccccc1)NCC1(CCO)CCCCC1. The van der Waals surface area contributed by atoms with E-state index < -0.39 is 0 Å². The van der Waals surface area contributed by atoms with Gasteiger partial charge in [0.1, 0.15) is 12.4 Å². The van der Waals surface area contributed by atoms with Gasteiger partial charge in [0.25, 0.3) is 0 Å². The van der Waals surface area contributed by atoms with E-state index in [0.29, 0.717) is 6.54 Å². The number of hydrogen-bond acceptors (Lipinski definition) is 3. The van der Waals surface area contributed by atoms with E-state index in [4.69, 9.17) is 4.99 Å². The second-order valence-corrected chi connectivity index (χ2v) is 8.36. The zero-order chi connectivity index (χ0) is 21.1. The van der Waals surface area contributed by atoms with Crippen molar-refractivity contribution in [3.63, 3.8) is 0 Å². The first-order valence-corrected chi connectivity index (χ1v) is 11.4. The summed E-state index contributed by atoms with van der Waals surface area (Å²) in [7, 11) is 0. The lowest BCUT2D eigenvalue weighted by atomic mass is 9.72. The molecule has 3 N–H and O–H groups in total. The van der Waals surface area contributed by atoms with Crippen LogP contribution in [0.25, 0.3) is 0 Å². The number of aromatic nitrogens is 2. The summed E-state index contributed by atoms with van der Waals surface area (Å²) in [5.41, 5.74) is 1.52. The predicted molar refractivity (Wildman–Crippen MR) is 122 cm³/mol. The van der Waals surface area contributed by atoms with Crippen LogP contribution in [0, 0.1) is 5.41 Å². The quantitative estimate of drug-likeness (QED) is 0.413. The molecule has 0 amide bonds. The maximum Gasteiger partial charge on any atom is 0.191 e. The van der Waals surface area contributed by atoms with Gasteiger partial charge in [0.2, 0.25) is 0 Å². The molecule has 1 fully saturated rings. The van der Waals surface area contributed by atoms with Crippen molar-refractivity contribution >= 4 is 5.96 Å². The van der Waals surface area contributed by atoms with Crippen LogP contribution in [0.15, 0.2) is 47.7 Å². The number of hydrogen-bond donors (Lipinski definition) is 3. The Kier molecular flexibility index (Phi) is 8.75. The lowest BCUT2D eigenvalue weighted by Crippen LogP contribution is -2.45. The van der Waals surface area contributed by atoms with E-state index in [2.05, 4.69) is 51.4 Å². The maximum atomic E-state index is 9.56. The highest BCUT2D eigenvalue weighted by Gasteiger charge is 2.31. The third-order valence-electron chi connectivity index (χ3n) is 6.20. The van der Waals surface area contributed by atoms with Crippen molar-refractivity contribution in [2.75, 3.05) is 19.7 Å². The van der Waals surface area contributed by atoms with Crippen LogP contribution in [0.3, 0.4) is 0 Å². The molecule has 1 aliphatic rings. The molecule has 0 spiro atoms. The molecule has 164 valence electrons. The fraction of sp³-hybridized carbons (Fsp3) is 0.583.